The van der Waals surface area contributed by atoms with Gasteiger partial charge in [0.1, 0.15) is 0 Å². The van der Waals surface area contributed by atoms with Gasteiger partial charge in [-0.15, -0.1) is 0 Å². The summed E-state index contributed by atoms with van der Waals surface area (Å²) in [5.74, 6) is 0. The van der Waals surface area contributed by atoms with Crippen LogP contribution >= 0.6 is 12.2 Å². The lowest BCUT2D eigenvalue weighted by Crippen LogP contribution is -2.24. The molecule has 1 rings (SSSR count). The van der Waals surface area contributed by atoms with Gasteiger partial charge in [-0.25, -0.2) is 0 Å². The first kappa shape index (κ1) is 15.1. The zero-order valence-electron chi connectivity index (χ0n) is 11.5. The maximum absolute atomic E-state index is 5.55. The second-order valence-electron chi connectivity index (χ2n) is 4.74. The van der Waals surface area contributed by atoms with Gasteiger partial charge in [-0.1, -0.05) is 50.3 Å². The summed E-state index contributed by atoms with van der Waals surface area (Å²) >= 11 is 4.92. The van der Waals surface area contributed by atoms with Gasteiger partial charge in [0, 0.05) is 13.0 Å². The maximum atomic E-state index is 5.55. The highest BCUT2D eigenvalue weighted by molar-refractivity contribution is 7.80. The van der Waals surface area contributed by atoms with Crippen molar-refractivity contribution in [1.29, 1.82) is 0 Å². The van der Waals surface area contributed by atoms with Crippen LogP contribution in [0.3, 0.4) is 0 Å². The van der Waals surface area contributed by atoms with Gasteiger partial charge in [-0.3, -0.25) is 4.90 Å². The van der Waals surface area contributed by atoms with Crippen molar-refractivity contribution in [2.75, 3.05) is 13.1 Å². The molecule has 100 valence electrons. The topological polar surface area (TPSA) is 29.3 Å². The van der Waals surface area contributed by atoms with Crippen LogP contribution in [0.15, 0.2) is 24.3 Å². The molecule has 0 saturated carbocycles. The zero-order chi connectivity index (χ0) is 13.4. The Balaban J connectivity index is 2.58. The van der Waals surface area contributed by atoms with E-state index in [1.165, 1.54) is 37.1 Å². The fourth-order valence-electron chi connectivity index (χ4n) is 2.12. The van der Waals surface area contributed by atoms with Gasteiger partial charge in [-0.05, 0) is 37.1 Å². The van der Waals surface area contributed by atoms with Gasteiger partial charge in [0.25, 0.3) is 0 Å². The third kappa shape index (κ3) is 5.61. The third-order valence-electron chi connectivity index (χ3n) is 2.89. The van der Waals surface area contributed by atoms with E-state index in [-0.39, 0.29) is 0 Å². The first-order valence-corrected chi connectivity index (χ1v) is 7.15. The molecule has 0 aliphatic carbocycles. The van der Waals surface area contributed by atoms with E-state index in [0.29, 0.717) is 11.4 Å². The van der Waals surface area contributed by atoms with Crippen LogP contribution in [0.5, 0.6) is 0 Å². The monoisotopic (exact) mass is 264 g/mol. The zero-order valence-corrected chi connectivity index (χ0v) is 12.3. The number of benzene rings is 1. The molecule has 0 radical (unpaired) electrons. The minimum atomic E-state index is 0.557. The molecule has 0 heterocycles. The summed E-state index contributed by atoms with van der Waals surface area (Å²) in [6, 6.07) is 8.63. The molecule has 2 N–H and O–H groups in total. The molecule has 0 saturated heterocycles. The summed E-state index contributed by atoms with van der Waals surface area (Å²) in [6.45, 7) is 7.84. The second kappa shape index (κ2) is 8.22. The average Bonchev–Trinajstić information content (AvgIpc) is 2.31. The molecule has 3 heteroatoms. The molecule has 18 heavy (non-hydrogen) atoms. The molecule has 2 nitrogen and oxygen atoms in total. The van der Waals surface area contributed by atoms with E-state index in [2.05, 4.69) is 43.0 Å². The van der Waals surface area contributed by atoms with Crippen molar-refractivity contribution in [3.63, 3.8) is 0 Å². The van der Waals surface area contributed by atoms with Crippen molar-refractivity contribution in [2.24, 2.45) is 5.73 Å². The van der Waals surface area contributed by atoms with Gasteiger partial charge >= 0.3 is 0 Å². The van der Waals surface area contributed by atoms with E-state index in [9.17, 15) is 0 Å². The first-order valence-electron chi connectivity index (χ1n) is 6.74. The molecule has 1 aromatic carbocycles. The Hall–Kier alpha value is -0.930. The molecule has 0 bridgehead atoms. The van der Waals surface area contributed by atoms with E-state index < -0.39 is 0 Å². The van der Waals surface area contributed by atoms with E-state index in [4.69, 9.17) is 18.0 Å². The highest BCUT2D eigenvalue weighted by Gasteiger charge is 2.04. The van der Waals surface area contributed by atoms with Crippen LogP contribution < -0.4 is 5.73 Å². The fourth-order valence-corrected chi connectivity index (χ4v) is 2.29. The van der Waals surface area contributed by atoms with Crippen LogP contribution in [-0.4, -0.2) is 23.0 Å². The highest BCUT2D eigenvalue weighted by Crippen LogP contribution is 2.09. The van der Waals surface area contributed by atoms with E-state index >= 15 is 0 Å². The van der Waals surface area contributed by atoms with E-state index in [1.807, 2.05) is 0 Å². The molecular weight excluding hydrogens is 240 g/mol. The van der Waals surface area contributed by atoms with Gasteiger partial charge < -0.3 is 5.73 Å². The van der Waals surface area contributed by atoms with Crippen molar-refractivity contribution >= 4 is 17.2 Å². The minimum absolute atomic E-state index is 0.557. The fraction of sp³-hybridized carbons (Fsp3) is 0.533. The van der Waals surface area contributed by atoms with Crippen LogP contribution in [0.4, 0.5) is 0 Å². The van der Waals surface area contributed by atoms with Crippen molar-refractivity contribution in [3.8, 4) is 0 Å². The number of hydrogen-bond donors (Lipinski definition) is 1. The van der Waals surface area contributed by atoms with Gasteiger partial charge in [0.2, 0.25) is 0 Å². The number of nitrogens with two attached hydrogens (primary N) is 1. The molecule has 0 aromatic heterocycles. The molecule has 0 aliphatic rings. The molecule has 1 aromatic rings. The summed E-state index contributed by atoms with van der Waals surface area (Å²) in [7, 11) is 0. The lowest BCUT2D eigenvalue weighted by atomic mass is 10.1. The van der Waals surface area contributed by atoms with E-state index in [0.717, 1.165) is 6.54 Å². The summed E-state index contributed by atoms with van der Waals surface area (Å²) in [5.41, 5.74) is 8.11. The largest absolute Gasteiger partial charge is 0.393 e. The molecular formula is C15H24N2S. The number of thiocarbonyl (C=S) groups is 1. The molecule has 0 atom stereocenters. The second-order valence-corrected chi connectivity index (χ2v) is 5.26. The first-order chi connectivity index (χ1) is 8.65. The van der Waals surface area contributed by atoms with Gasteiger partial charge in [-0.2, -0.15) is 0 Å². The van der Waals surface area contributed by atoms with Crippen molar-refractivity contribution < 1.29 is 0 Å². The van der Waals surface area contributed by atoms with Crippen LogP contribution in [0.1, 0.15) is 37.8 Å². The number of hydrogen-bond acceptors (Lipinski definition) is 2. The smallest absolute Gasteiger partial charge is 0.0771 e. The molecule has 0 fully saturated rings. The molecule has 0 unspecified atom stereocenters. The lowest BCUT2D eigenvalue weighted by Gasteiger charge is -2.21. The van der Waals surface area contributed by atoms with Crippen LogP contribution in [0, 0.1) is 0 Å². The molecule has 0 spiro atoms. The third-order valence-corrected chi connectivity index (χ3v) is 3.03. The Morgan fingerprint density at radius 1 is 1.06 bits per heavy atom. The standard InChI is InChI=1S/C15H24N2S/c1-3-9-17(10-4-2)12-14-7-5-13(6-8-14)11-15(16)18/h5-8H,3-4,9-12H2,1-2H3,(H2,16,18). The average molecular weight is 264 g/mol. The minimum Gasteiger partial charge on any atom is -0.393 e. The Morgan fingerprint density at radius 2 is 1.56 bits per heavy atom. The van der Waals surface area contributed by atoms with Crippen LogP contribution in [0.2, 0.25) is 0 Å². The number of rotatable bonds is 8. The summed E-state index contributed by atoms with van der Waals surface area (Å²) in [6.07, 6.45) is 3.11. The predicted octanol–water partition coefficient (Wildman–Crippen LogP) is 3.14. The van der Waals surface area contributed by atoms with Crippen molar-refractivity contribution in [1.82, 2.24) is 4.90 Å². The maximum Gasteiger partial charge on any atom is 0.0771 e. The summed E-state index contributed by atoms with van der Waals surface area (Å²) < 4.78 is 0. The molecule has 0 amide bonds. The van der Waals surface area contributed by atoms with Crippen LogP contribution in [-0.2, 0) is 13.0 Å². The molecule has 0 aliphatic heterocycles. The lowest BCUT2D eigenvalue weighted by molar-refractivity contribution is 0.266. The SMILES string of the molecule is CCCN(CCC)Cc1ccc(CC(N)=S)cc1. The van der Waals surface area contributed by atoms with Gasteiger partial charge in [0.05, 0.1) is 4.99 Å². The Bertz CT molecular complexity index is 353. The number of nitrogens with zero attached hydrogens (tertiary/aromatic N) is 1. The Morgan fingerprint density at radius 3 is 2.00 bits per heavy atom. The summed E-state index contributed by atoms with van der Waals surface area (Å²) in [5, 5.41) is 0. The Kier molecular flexibility index (Phi) is 6.91. The van der Waals surface area contributed by atoms with Crippen LogP contribution in [0.25, 0.3) is 0 Å². The van der Waals surface area contributed by atoms with Crippen molar-refractivity contribution in [2.45, 2.75) is 39.7 Å². The predicted molar refractivity (Wildman–Crippen MR) is 82.8 cm³/mol. The quantitative estimate of drug-likeness (QED) is 0.731. The Labute approximate surface area is 116 Å². The van der Waals surface area contributed by atoms with E-state index in [1.54, 1.807) is 0 Å². The van der Waals surface area contributed by atoms with Crippen molar-refractivity contribution in [3.05, 3.63) is 35.4 Å². The normalized spacial score (nSPS) is 10.8. The highest BCUT2D eigenvalue weighted by atomic mass is 32.1. The van der Waals surface area contributed by atoms with Gasteiger partial charge in [0.15, 0.2) is 0 Å². The summed E-state index contributed by atoms with van der Waals surface area (Å²) in [4.78, 5) is 3.06.